The number of amides is 2. The van der Waals surface area contributed by atoms with Gasteiger partial charge in [-0.3, -0.25) is 0 Å². The molecule has 0 radical (unpaired) electrons. The zero-order valence-electron chi connectivity index (χ0n) is 8.79. The Morgan fingerprint density at radius 2 is 1.36 bits per heavy atom. The van der Waals surface area contributed by atoms with Crippen molar-refractivity contribution in [2.24, 2.45) is 5.92 Å². The van der Waals surface area contributed by atoms with E-state index in [0.29, 0.717) is 0 Å². The van der Waals surface area contributed by atoms with E-state index in [4.69, 9.17) is 0 Å². The second-order valence-electron chi connectivity index (χ2n) is 2.99. The first-order chi connectivity index (χ1) is 6.51. The molecule has 0 rings (SSSR count). The summed E-state index contributed by atoms with van der Waals surface area (Å²) in [4.78, 5) is 21.7. The van der Waals surface area contributed by atoms with Gasteiger partial charge in [-0.05, 0) is 5.92 Å². The highest BCUT2D eigenvalue weighted by Crippen LogP contribution is 1.98. The summed E-state index contributed by atoms with van der Waals surface area (Å²) in [7, 11) is 2.51. The van der Waals surface area contributed by atoms with Crippen molar-refractivity contribution in [2.75, 3.05) is 14.2 Å². The number of ether oxygens (including phenoxy) is 2. The van der Waals surface area contributed by atoms with Gasteiger partial charge in [0.25, 0.3) is 0 Å². The minimum Gasteiger partial charge on any atom is -0.453 e. The SMILES string of the molecule is COC(=O)NC(NC(=O)OC)C(C)C. The third-order valence-corrected chi connectivity index (χ3v) is 1.58. The smallest absolute Gasteiger partial charge is 0.408 e. The molecule has 0 bridgehead atoms. The van der Waals surface area contributed by atoms with Crippen LogP contribution in [0.15, 0.2) is 0 Å². The number of hydrogen-bond acceptors (Lipinski definition) is 4. The monoisotopic (exact) mass is 204 g/mol. The summed E-state index contributed by atoms with van der Waals surface area (Å²) in [6, 6.07) is 0. The van der Waals surface area contributed by atoms with Crippen LogP contribution in [0.4, 0.5) is 9.59 Å². The van der Waals surface area contributed by atoms with Crippen molar-refractivity contribution in [3.63, 3.8) is 0 Å². The Hall–Kier alpha value is -1.46. The minimum absolute atomic E-state index is 0.0354. The summed E-state index contributed by atoms with van der Waals surface area (Å²) in [5, 5.41) is 4.92. The van der Waals surface area contributed by atoms with E-state index in [9.17, 15) is 9.59 Å². The number of methoxy groups -OCH3 is 2. The molecule has 6 nitrogen and oxygen atoms in total. The van der Waals surface area contributed by atoms with E-state index < -0.39 is 18.4 Å². The highest BCUT2D eigenvalue weighted by Gasteiger charge is 2.18. The maximum absolute atomic E-state index is 10.9. The summed E-state index contributed by atoms with van der Waals surface area (Å²) in [5.74, 6) is 0.0354. The summed E-state index contributed by atoms with van der Waals surface area (Å²) in [6.45, 7) is 3.69. The highest BCUT2D eigenvalue weighted by atomic mass is 16.5. The van der Waals surface area contributed by atoms with Crippen molar-refractivity contribution in [1.29, 1.82) is 0 Å². The summed E-state index contributed by atoms with van der Waals surface area (Å²) >= 11 is 0. The topological polar surface area (TPSA) is 76.7 Å². The van der Waals surface area contributed by atoms with E-state index in [-0.39, 0.29) is 5.92 Å². The van der Waals surface area contributed by atoms with Crippen LogP contribution in [0.3, 0.4) is 0 Å². The summed E-state index contributed by atoms with van der Waals surface area (Å²) < 4.78 is 8.81. The van der Waals surface area contributed by atoms with Gasteiger partial charge in [-0.15, -0.1) is 0 Å². The molecule has 2 N–H and O–H groups in total. The molecule has 0 fully saturated rings. The van der Waals surface area contributed by atoms with E-state index in [1.165, 1.54) is 14.2 Å². The van der Waals surface area contributed by atoms with E-state index in [0.717, 1.165) is 0 Å². The number of carbonyl (C=O) groups excluding carboxylic acids is 2. The van der Waals surface area contributed by atoms with Crippen molar-refractivity contribution in [3.8, 4) is 0 Å². The van der Waals surface area contributed by atoms with Crippen molar-refractivity contribution in [1.82, 2.24) is 10.6 Å². The molecule has 2 amide bonds. The molecule has 0 aliphatic rings. The molecule has 0 aliphatic heterocycles. The van der Waals surface area contributed by atoms with Crippen LogP contribution < -0.4 is 10.6 Å². The van der Waals surface area contributed by atoms with Crippen LogP contribution in [-0.2, 0) is 9.47 Å². The fourth-order valence-electron chi connectivity index (χ4n) is 0.741. The molecule has 0 saturated carbocycles. The Morgan fingerprint density at radius 1 is 1.00 bits per heavy atom. The molecular weight excluding hydrogens is 188 g/mol. The average molecular weight is 204 g/mol. The molecule has 0 unspecified atom stereocenters. The van der Waals surface area contributed by atoms with Gasteiger partial charge >= 0.3 is 12.2 Å². The maximum Gasteiger partial charge on any atom is 0.408 e. The lowest BCUT2D eigenvalue weighted by molar-refractivity contribution is 0.146. The van der Waals surface area contributed by atoms with E-state index in [1.807, 2.05) is 13.8 Å². The highest BCUT2D eigenvalue weighted by molar-refractivity contribution is 5.70. The van der Waals surface area contributed by atoms with Gasteiger partial charge in [0.15, 0.2) is 0 Å². The Morgan fingerprint density at radius 3 is 1.57 bits per heavy atom. The first-order valence-electron chi connectivity index (χ1n) is 4.20. The van der Waals surface area contributed by atoms with Gasteiger partial charge in [-0.25, -0.2) is 9.59 Å². The van der Waals surface area contributed by atoms with Crippen LogP contribution in [0.25, 0.3) is 0 Å². The average Bonchev–Trinajstić information content (AvgIpc) is 2.16. The zero-order valence-corrected chi connectivity index (χ0v) is 8.79. The minimum atomic E-state index is -0.597. The molecule has 0 saturated heterocycles. The van der Waals surface area contributed by atoms with Gasteiger partial charge in [0, 0.05) is 0 Å². The molecule has 0 aromatic carbocycles. The van der Waals surface area contributed by atoms with Gasteiger partial charge in [-0.1, -0.05) is 13.8 Å². The van der Waals surface area contributed by atoms with Crippen molar-refractivity contribution in [2.45, 2.75) is 20.0 Å². The number of carbonyl (C=O) groups is 2. The van der Waals surface area contributed by atoms with E-state index >= 15 is 0 Å². The third-order valence-electron chi connectivity index (χ3n) is 1.58. The van der Waals surface area contributed by atoms with Gasteiger partial charge in [0.2, 0.25) is 0 Å². The van der Waals surface area contributed by atoms with Crippen LogP contribution in [0.2, 0.25) is 0 Å². The predicted molar refractivity (Wildman–Crippen MR) is 49.7 cm³/mol. The number of alkyl carbamates (subject to hydrolysis) is 2. The van der Waals surface area contributed by atoms with Crippen LogP contribution in [0.1, 0.15) is 13.8 Å². The van der Waals surface area contributed by atoms with Crippen LogP contribution >= 0.6 is 0 Å². The van der Waals surface area contributed by atoms with Crippen molar-refractivity contribution >= 4 is 12.2 Å². The third kappa shape index (κ3) is 4.54. The second kappa shape index (κ2) is 6.06. The number of hydrogen-bond donors (Lipinski definition) is 2. The van der Waals surface area contributed by atoms with E-state index in [2.05, 4.69) is 20.1 Å². The molecule has 0 aromatic heterocycles. The van der Waals surface area contributed by atoms with Crippen molar-refractivity contribution < 1.29 is 19.1 Å². The lowest BCUT2D eigenvalue weighted by Gasteiger charge is -2.21. The fourth-order valence-corrected chi connectivity index (χ4v) is 0.741. The molecule has 0 heterocycles. The van der Waals surface area contributed by atoms with Crippen LogP contribution in [-0.4, -0.2) is 32.6 Å². The molecule has 0 spiro atoms. The molecule has 0 aliphatic carbocycles. The number of nitrogens with one attached hydrogen (secondary N) is 2. The maximum atomic E-state index is 10.9. The molecule has 0 atom stereocenters. The van der Waals surface area contributed by atoms with Crippen LogP contribution in [0, 0.1) is 5.92 Å². The Labute approximate surface area is 82.9 Å². The Balaban J connectivity index is 4.16. The lowest BCUT2D eigenvalue weighted by Crippen LogP contribution is -2.50. The van der Waals surface area contributed by atoms with Gasteiger partial charge in [-0.2, -0.15) is 0 Å². The molecular formula is C8H16N2O4. The Kier molecular flexibility index (Phi) is 5.43. The summed E-state index contributed by atoms with van der Waals surface area (Å²) in [6.07, 6.45) is -1.70. The largest absolute Gasteiger partial charge is 0.453 e. The predicted octanol–water partition coefficient (Wildman–Crippen LogP) is 0.680. The van der Waals surface area contributed by atoms with Gasteiger partial charge < -0.3 is 20.1 Å². The fraction of sp³-hybridized carbons (Fsp3) is 0.750. The van der Waals surface area contributed by atoms with Crippen molar-refractivity contribution in [3.05, 3.63) is 0 Å². The molecule has 6 heteroatoms. The first kappa shape index (κ1) is 12.5. The molecule has 0 aromatic rings. The quantitative estimate of drug-likeness (QED) is 0.663. The van der Waals surface area contributed by atoms with Gasteiger partial charge in [0.1, 0.15) is 6.17 Å². The zero-order chi connectivity index (χ0) is 11.1. The number of rotatable bonds is 3. The normalized spacial score (nSPS) is 9.86. The Bertz CT molecular complexity index is 188. The van der Waals surface area contributed by atoms with Gasteiger partial charge in [0.05, 0.1) is 14.2 Å². The van der Waals surface area contributed by atoms with Crippen LogP contribution in [0.5, 0.6) is 0 Å². The standard InChI is InChI=1S/C8H16N2O4/c1-5(2)6(9-7(11)13-3)10-8(12)14-4/h5-6H,1-4H3,(H,9,11)(H,10,12). The molecule has 14 heavy (non-hydrogen) atoms. The van der Waals surface area contributed by atoms with E-state index in [1.54, 1.807) is 0 Å². The second-order valence-corrected chi connectivity index (χ2v) is 2.99. The molecule has 82 valence electrons. The first-order valence-corrected chi connectivity index (χ1v) is 4.20. The summed E-state index contributed by atoms with van der Waals surface area (Å²) in [5.41, 5.74) is 0. The lowest BCUT2D eigenvalue weighted by atomic mass is 10.1.